The number of thioether (sulfide) groups is 1. The molecular weight excluding hydrogens is 396 g/mol. The van der Waals surface area contributed by atoms with E-state index in [-0.39, 0.29) is 5.91 Å². The number of hydrogen-bond acceptors (Lipinski definition) is 6. The number of hydrogen-bond donors (Lipinski definition) is 1. The number of para-hydroxylation sites is 1. The molecule has 150 valence electrons. The van der Waals surface area contributed by atoms with Gasteiger partial charge in [0.05, 0.1) is 21.9 Å². The highest BCUT2D eigenvalue weighted by atomic mass is 32.2. The maximum Gasteiger partial charge on any atom is 0.252 e. The number of aryl methyl sites for hydroxylation is 1. The smallest absolute Gasteiger partial charge is 0.252 e. The number of pyridine rings is 1. The molecule has 0 unspecified atom stereocenters. The topological polar surface area (TPSA) is 80.9 Å². The lowest BCUT2D eigenvalue weighted by Gasteiger charge is -2.09. The average Bonchev–Trinajstić information content (AvgIpc) is 3.45. The summed E-state index contributed by atoms with van der Waals surface area (Å²) < 4.78 is 5.41. The number of aromatic nitrogens is 3. The van der Waals surface area contributed by atoms with E-state index < -0.39 is 0 Å². The second-order valence-corrected chi connectivity index (χ2v) is 8.43. The monoisotopic (exact) mass is 416 g/mol. The van der Waals surface area contributed by atoms with E-state index in [9.17, 15) is 4.79 Å². The molecular formula is C23H20N4O2S. The lowest BCUT2D eigenvalue weighted by Crippen LogP contribution is -2.25. The van der Waals surface area contributed by atoms with Gasteiger partial charge in [-0.25, -0.2) is 4.98 Å². The van der Waals surface area contributed by atoms with Gasteiger partial charge in [-0.2, -0.15) is 4.98 Å². The van der Waals surface area contributed by atoms with Crippen molar-refractivity contribution in [1.82, 2.24) is 20.4 Å². The summed E-state index contributed by atoms with van der Waals surface area (Å²) >= 11 is 1.48. The van der Waals surface area contributed by atoms with Gasteiger partial charge in [-0.05, 0) is 31.9 Å². The molecule has 5 rings (SSSR count). The van der Waals surface area contributed by atoms with E-state index in [1.165, 1.54) is 17.3 Å². The van der Waals surface area contributed by atoms with Crippen molar-refractivity contribution < 1.29 is 9.32 Å². The number of carbonyl (C=O) groups excluding carboxylic acids is 1. The van der Waals surface area contributed by atoms with E-state index in [0.717, 1.165) is 34.3 Å². The van der Waals surface area contributed by atoms with E-state index >= 15 is 0 Å². The minimum Gasteiger partial charge on any atom is -0.349 e. The third-order valence-electron chi connectivity index (χ3n) is 4.97. The van der Waals surface area contributed by atoms with Crippen molar-refractivity contribution in [2.45, 2.75) is 36.6 Å². The van der Waals surface area contributed by atoms with Crippen LogP contribution in [-0.4, -0.2) is 27.1 Å². The Labute approximate surface area is 178 Å². The summed E-state index contributed by atoms with van der Waals surface area (Å²) in [5.74, 6) is 1.53. The normalized spacial score (nSPS) is 13.5. The molecule has 0 spiro atoms. The van der Waals surface area contributed by atoms with Crippen LogP contribution in [0.25, 0.3) is 22.3 Å². The van der Waals surface area contributed by atoms with Gasteiger partial charge in [-0.3, -0.25) is 4.79 Å². The molecule has 1 N–H and O–H groups in total. The summed E-state index contributed by atoms with van der Waals surface area (Å²) in [6, 6.07) is 17.9. The molecule has 2 heterocycles. The van der Waals surface area contributed by atoms with Gasteiger partial charge in [-0.1, -0.05) is 64.9 Å². The number of benzene rings is 2. The van der Waals surface area contributed by atoms with E-state index in [0.29, 0.717) is 29.1 Å². The Kier molecular flexibility index (Phi) is 4.96. The van der Waals surface area contributed by atoms with Crippen LogP contribution in [0.3, 0.4) is 0 Å². The lowest BCUT2D eigenvalue weighted by atomic mass is 10.1. The van der Waals surface area contributed by atoms with E-state index in [4.69, 9.17) is 9.51 Å². The Morgan fingerprint density at radius 3 is 2.73 bits per heavy atom. The third-order valence-corrected chi connectivity index (χ3v) is 5.87. The predicted octanol–water partition coefficient (Wildman–Crippen LogP) is 4.78. The van der Waals surface area contributed by atoms with Gasteiger partial charge in [0.25, 0.3) is 5.91 Å². The summed E-state index contributed by atoms with van der Waals surface area (Å²) in [6.07, 6.45) is 2.10. The Morgan fingerprint density at radius 2 is 1.93 bits per heavy atom. The minimum absolute atomic E-state index is 0.0441. The van der Waals surface area contributed by atoms with Crippen molar-refractivity contribution in [2.75, 3.05) is 0 Å². The number of nitrogens with one attached hydrogen (secondary N) is 1. The first-order valence-electron chi connectivity index (χ1n) is 9.89. The number of nitrogens with zero attached hydrogens (tertiary/aromatic N) is 3. The molecule has 2 aromatic heterocycles. The van der Waals surface area contributed by atoms with Crippen LogP contribution >= 0.6 is 11.8 Å². The predicted molar refractivity (Wildman–Crippen MR) is 116 cm³/mol. The van der Waals surface area contributed by atoms with E-state index in [1.807, 2.05) is 61.5 Å². The summed E-state index contributed by atoms with van der Waals surface area (Å²) in [5, 5.41) is 8.77. The molecule has 1 amide bonds. The van der Waals surface area contributed by atoms with E-state index in [1.54, 1.807) is 0 Å². The molecule has 0 atom stereocenters. The number of rotatable bonds is 6. The second kappa shape index (κ2) is 7.91. The standard InChI is InChI=1S/C23H20N4O2S/c1-14-6-8-15(9-7-14)22-26-20(29-27-22)13-30-21-12-18(23(28)24-16-10-11-16)17-4-2-3-5-19(17)25-21/h2-9,12,16H,10-11,13H2,1H3,(H,24,28). The van der Waals surface area contributed by atoms with Crippen molar-refractivity contribution in [3.05, 3.63) is 71.6 Å². The molecule has 1 saturated carbocycles. The highest BCUT2D eigenvalue weighted by molar-refractivity contribution is 7.98. The SMILES string of the molecule is Cc1ccc(-c2noc(CSc3cc(C(=O)NC4CC4)c4ccccc4n3)n2)cc1. The van der Waals surface area contributed by atoms with Gasteiger partial charge >= 0.3 is 0 Å². The fourth-order valence-corrected chi connectivity index (χ4v) is 3.93. The van der Waals surface area contributed by atoms with Crippen LogP contribution in [0.15, 0.2) is 64.1 Å². The maximum absolute atomic E-state index is 12.7. The molecule has 0 saturated heterocycles. The summed E-state index contributed by atoms with van der Waals surface area (Å²) in [4.78, 5) is 21.9. The molecule has 1 aliphatic carbocycles. The summed E-state index contributed by atoms with van der Waals surface area (Å²) in [5.41, 5.74) is 3.56. The van der Waals surface area contributed by atoms with E-state index in [2.05, 4.69) is 15.5 Å². The van der Waals surface area contributed by atoms with Crippen molar-refractivity contribution >= 4 is 28.6 Å². The summed E-state index contributed by atoms with van der Waals surface area (Å²) in [6.45, 7) is 2.04. The molecule has 0 aliphatic heterocycles. The zero-order chi connectivity index (χ0) is 20.5. The molecule has 2 aromatic carbocycles. The van der Waals surface area contributed by atoms with Gasteiger partial charge in [0.2, 0.25) is 11.7 Å². The largest absolute Gasteiger partial charge is 0.349 e. The second-order valence-electron chi connectivity index (χ2n) is 7.44. The molecule has 1 aliphatic rings. The molecule has 7 heteroatoms. The minimum atomic E-state index is -0.0441. The number of fused-ring (bicyclic) bond motifs is 1. The molecule has 1 fully saturated rings. The zero-order valence-corrected chi connectivity index (χ0v) is 17.3. The highest BCUT2D eigenvalue weighted by Crippen LogP contribution is 2.28. The van der Waals surface area contributed by atoms with Gasteiger partial charge in [0, 0.05) is 17.0 Å². The Morgan fingerprint density at radius 1 is 1.13 bits per heavy atom. The molecule has 4 aromatic rings. The Hall–Kier alpha value is -3.19. The number of amides is 1. The van der Waals surface area contributed by atoms with Crippen molar-refractivity contribution in [2.24, 2.45) is 0 Å². The first-order valence-corrected chi connectivity index (χ1v) is 10.9. The van der Waals surface area contributed by atoms with Crippen LogP contribution in [0.4, 0.5) is 0 Å². The summed E-state index contributed by atoms with van der Waals surface area (Å²) in [7, 11) is 0. The first-order chi connectivity index (χ1) is 14.7. The van der Waals surface area contributed by atoms with Crippen molar-refractivity contribution in [3.63, 3.8) is 0 Å². The van der Waals surface area contributed by atoms with Crippen LogP contribution < -0.4 is 5.32 Å². The maximum atomic E-state index is 12.7. The van der Waals surface area contributed by atoms with Crippen LogP contribution in [0, 0.1) is 6.92 Å². The quantitative estimate of drug-likeness (QED) is 0.456. The third kappa shape index (κ3) is 4.07. The molecule has 6 nitrogen and oxygen atoms in total. The van der Waals surface area contributed by atoms with Crippen molar-refractivity contribution in [3.8, 4) is 11.4 Å². The first kappa shape index (κ1) is 18.8. The molecule has 0 bridgehead atoms. The highest BCUT2D eigenvalue weighted by Gasteiger charge is 2.25. The van der Waals surface area contributed by atoms with Crippen LogP contribution in [-0.2, 0) is 5.75 Å². The van der Waals surface area contributed by atoms with Crippen molar-refractivity contribution in [1.29, 1.82) is 0 Å². The average molecular weight is 417 g/mol. The van der Waals surface area contributed by atoms with Gasteiger partial charge in [0.15, 0.2) is 0 Å². The van der Waals surface area contributed by atoms with Crippen LogP contribution in [0.5, 0.6) is 0 Å². The van der Waals surface area contributed by atoms with Gasteiger partial charge in [-0.15, -0.1) is 0 Å². The number of carbonyl (C=O) groups is 1. The Bertz CT molecular complexity index is 1220. The zero-order valence-electron chi connectivity index (χ0n) is 16.5. The fraction of sp³-hybridized carbons (Fsp3) is 0.217. The van der Waals surface area contributed by atoms with Gasteiger partial charge in [0.1, 0.15) is 0 Å². The Balaban J connectivity index is 1.36. The fourth-order valence-electron chi connectivity index (χ4n) is 3.17. The van der Waals surface area contributed by atoms with Crippen LogP contribution in [0.1, 0.15) is 34.7 Å². The molecule has 0 radical (unpaired) electrons. The van der Waals surface area contributed by atoms with Gasteiger partial charge < -0.3 is 9.84 Å². The lowest BCUT2D eigenvalue weighted by molar-refractivity contribution is 0.0952. The van der Waals surface area contributed by atoms with Crippen LogP contribution in [0.2, 0.25) is 0 Å². The molecule has 30 heavy (non-hydrogen) atoms.